The molecule has 0 fully saturated rings. The van der Waals surface area contributed by atoms with Crippen molar-refractivity contribution in [3.8, 4) is 0 Å². The highest BCUT2D eigenvalue weighted by Crippen LogP contribution is 2.13. The molecule has 0 unspecified atom stereocenters. The van der Waals surface area contributed by atoms with Gasteiger partial charge in [-0.25, -0.2) is 4.79 Å². The summed E-state index contributed by atoms with van der Waals surface area (Å²) in [5.41, 5.74) is 2.42. The van der Waals surface area contributed by atoms with Crippen molar-refractivity contribution in [1.29, 1.82) is 0 Å². The number of nitrogens with zero attached hydrogens (tertiary/aromatic N) is 1. The first-order valence-electron chi connectivity index (χ1n) is 13.0. The van der Waals surface area contributed by atoms with Crippen molar-refractivity contribution >= 4 is 18.2 Å². The molecule has 1 amide bonds. The molecule has 0 aliphatic carbocycles. The summed E-state index contributed by atoms with van der Waals surface area (Å²) in [5, 5.41) is 4.43. The van der Waals surface area contributed by atoms with E-state index in [1.165, 1.54) is 56.4 Å². The number of hydroxylamine groups is 2. The summed E-state index contributed by atoms with van der Waals surface area (Å²) in [6.07, 6.45) is 12.8. The van der Waals surface area contributed by atoms with Crippen LogP contribution in [-0.4, -0.2) is 29.8 Å². The Morgan fingerprint density at radius 1 is 0.771 bits per heavy atom. The van der Waals surface area contributed by atoms with Gasteiger partial charge >= 0.3 is 5.97 Å². The van der Waals surface area contributed by atoms with Crippen molar-refractivity contribution in [3.63, 3.8) is 0 Å². The number of hydrogen-bond donors (Lipinski definition) is 1. The van der Waals surface area contributed by atoms with Gasteiger partial charge in [-0.05, 0) is 29.7 Å². The normalized spacial score (nSPS) is 10.8. The smallest absolute Gasteiger partial charge is 0.361 e. The van der Waals surface area contributed by atoms with Crippen molar-refractivity contribution in [3.05, 3.63) is 71.3 Å². The van der Waals surface area contributed by atoms with Crippen LogP contribution >= 0.6 is 0 Å². The van der Waals surface area contributed by atoms with E-state index >= 15 is 0 Å². The predicted molar refractivity (Wildman–Crippen MR) is 138 cm³/mol. The molecule has 0 spiro atoms. The lowest BCUT2D eigenvalue weighted by atomic mass is 10.1. The number of benzene rings is 2. The molecule has 6 heteroatoms. The summed E-state index contributed by atoms with van der Waals surface area (Å²) in [5.74, 6) is -1.02. The molecule has 0 heterocycles. The Kier molecular flexibility index (Phi) is 14.1. The molecule has 0 aromatic heterocycles. The Bertz CT molecular complexity index is 868. The van der Waals surface area contributed by atoms with Gasteiger partial charge in [-0.2, -0.15) is 0 Å². The van der Waals surface area contributed by atoms with Crippen molar-refractivity contribution in [2.24, 2.45) is 0 Å². The molecule has 190 valence electrons. The van der Waals surface area contributed by atoms with Crippen LogP contribution in [0.1, 0.15) is 92.6 Å². The number of nitrogens with one attached hydrogen (secondary N) is 1. The zero-order chi connectivity index (χ0) is 25.1. The molecule has 0 bridgehead atoms. The van der Waals surface area contributed by atoms with Gasteiger partial charge in [0.1, 0.15) is 0 Å². The van der Waals surface area contributed by atoms with E-state index in [1.807, 2.05) is 42.5 Å². The third-order valence-corrected chi connectivity index (χ3v) is 5.91. The van der Waals surface area contributed by atoms with Crippen LogP contribution in [-0.2, 0) is 27.5 Å². The van der Waals surface area contributed by atoms with Crippen LogP contribution in [0.2, 0.25) is 0 Å². The van der Waals surface area contributed by atoms with Gasteiger partial charge in [-0.15, -0.1) is 5.06 Å². The number of rotatable bonds is 18. The van der Waals surface area contributed by atoms with Crippen molar-refractivity contribution in [2.45, 2.75) is 84.2 Å². The summed E-state index contributed by atoms with van der Waals surface area (Å²) in [4.78, 5) is 39.8. The molecule has 0 radical (unpaired) electrons. The molecule has 2 aromatic carbocycles. The Balaban J connectivity index is 1.70. The van der Waals surface area contributed by atoms with E-state index in [0.717, 1.165) is 24.0 Å². The molecule has 35 heavy (non-hydrogen) atoms. The fourth-order valence-corrected chi connectivity index (χ4v) is 3.94. The molecule has 0 atom stereocenters. The molecule has 1 N–H and O–H groups in total. The third-order valence-electron chi connectivity index (χ3n) is 5.91. The molecular weight excluding hydrogens is 440 g/mol. The van der Waals surface area contributed by atoms with Gasteiger partial charge in [0.15, 0.2) is 0 Å². The Morgan fingerprint density at radius 3 is 1.89 bits per heavy atom. The van der Waals surface area contributed by atoms with Gasteiger partial charge in [0, 0.05) is 12.1 Å². The predicted octanol–water partition coefficient (Wildman–Crippen LogP) is 6.00. The molecule has 0 aliphatic rings. The second-order valence-electron chi connectivity index (χ2n) is 8.95. The quantitative estimate of drug-likeness (QED) is 0.123. The van der Waals surface area contributed by atoms with Crippen LogP contribution in [0.15, 0.2) is 54.6 Å². The van der Waals surface area contributed by atoms with E-state index in [1.54, 1.807) is 12.1 Å². The number of carbonyl (C=O) groups excluding carboxylic acids is 3. The van der Waals surface area contributed by atoms with Crippen molar-refractivity contribution in [1.82, 2.24) is 10.4 Å². The van der Waals surface area contributed by atoms with Gasteiger partial charge < -0.3 is 10.2 Å². The lowest BCUT2D eigenvalue weighted by Crippen LogP contribution is -2.27. The van der Waals surface area contributed by atoms with Gasteiger partial charge in [0.25, 0.3) is 5.91 Å². The Hall–Kier alpha value is -2.99. The molecule has 2 aromatic rings. The number of hydrogen-bond acceptors (Lipinski definition) is 5. The third kappa shape index (κ3) is 12.3. The van der Waals surface area contributed by atoms with Gasteiger partial charge in [0.2, 0.25) is 6.29 Å². The zero-order valence-corrected chi connectivity index (χ0v) is 21.0. The summed E-state index contributed by atoms with van der Waals surface area (Å²) in [6, 6.07) is 16.8. The highest BCUT2D eigenvalue weighted by Gasteiger charge is 2.13. The first-order chi connectivity index (χ1) is 17.1. The fraction of sp³-hybridized carbons (Fsp3) is 0.483. The van der Waals surface area contributed by atoms with E-state index in [-0.39, 0.29) is 12.2 Å². The minimum absolute atomic E-state index is 0.0824. The summed E-state index contributed by atoms with van der Waals surface area (Å²) in [7, 11) is 0. The van der Waals surface area contributed by atoms with E-state index in [9.17, 15) is 14.4 Å². The van der Waals surface area contributed by atoms with Crippen LogP contribution in [0, 0.1) is 0 Å². The van der Waals surface area contributed by atoms with Gasteiger partial charge in [-0.3, -0.25) is 9.59 Å². The van der Waals surface area contributed by atoms with Gasteiger partial charge in [0.05, 0.1) is 13.1 Å². The molecule has 0 saturated heterocycles. The maximum absolute atomic E-state index is 12.4. The zero-order valence-electron chi connectivity index (χ0n) is 21.0. The van der Waals surface area contributed by atoms with E-state index in [0.29, 0.717) is 25.2 Å². The molecule has 0 saturated carbocycles. The number of amides is 1. The summed E-state index contributed by atoms with van der Waals surface area (Å²) >= 11 is 0. The second-order valence-corrected chi connectivity index (χ2v) is 8.95. The molecular formula is C29H40N2O4. The Morgan fingerprint density at radius 2 is 1.31 bits per heavy atom. The lowest BCUT2D eigenvalue weighted by molar-refractivity contribution is -0.195. The molecule has 6 nitrogen and oxygen atoms in total. The van der Waals surface area contributed by atoms with Crippen LogP contribution in [0.5, 0.6) is 0 Å². The Labute approximate surface area is 210 Å². The highest BCUT2D eigenvalue weighted by molar-refractivity contribution is 6.20. The average Bonchev–Trinajstić information content (AvgIpc) is 2.88. The lowest BCUT2D eigenvalue weighted by Gasteiger charge is -2.20. The maximum Gasteiger partial charge on any atom is 0.390 e. The van der Waals surface area contributed by atoms with Gasteiger partial charge in [-0.1, -0.05) is 107 Å². The minimum Gasteiger partial charge on any atom is -0.361 e. The first-order valence-corrected chi connectivity index (χ1v) is 13.0. The standard InChI is InChI=1S/C29H40N2O4/c1-2-3-4-5-6-7-8-9-10-14-21-30-29(34)27-19-17-26(18-20-27)23-31(35-28(33)24-32)22-25-15-12-11-13-16-25/h11-13,15-20,24H,2-10,14,21-23H2,1H3,(H,30,34). The summed E-state index contributed by atoms with van der Waals surface area (Å²) in [6.45, 7) is 3.58. The van der Waals surface area contributed by atoms with E-state index in [4.69, 9.17) is 4.84 Å². The monoisotopic (exact) mass is 480 g/mol. The number of carbonyl (C=O) groups is 3. The van der Waals surface area contributed by atoms with E-state index < -0.39 is 5.97 Å². The first kappa shape index (κ1) is 28.2. The van der Waals surface area contributed by atoms with Crippen LogP contribution < -0.4 is 5.32 Å². The van der Waals surface area contributed by atoms with E-state index in [2.05, 4.69) is 12.2 Å². The minimum atomic E-state index is -0.941. The van der Waals surface area contributed by atoms with Crippen molar-refractivity contribution < 1.29 is 19.2 Å². The number of aldehydes is 1. The highest BCUT2D eigenvalue weighted by atomic mass is 16.7. The van der Waals surface area contributed by atoms with Crippen molar-refractivity contribution in [2.75, 3.05) is 6.54 Å². The number of unbranched alkanes of at least 4 members (excludes halogenated alkanes) is 9. The van der Waals surface area contributed by atoms with Crippen LogP contribution in [0.4, 0.5) is 0 Å². The second kappa shape index (κ2) is 17.4. The fourth-order valence-electron chi connectivity index (χ4n) is 3.94. The van der Waals surface area contributed by atoms with Crippen LogP contribution in [0.25, 0.3) is 0 Å². The topological polar surface area (TPSA) is 75.7 Å². The average molecular weight is 481 g/mol. The largest absolute Gasteiger partial charge is 0.390 e. The summed E-state index contributed by atoms with van der Waals surface area (Å²) < 4.78 is 0. The SMILES string of the molecule is CCCCCCCCCCCCNC(=O)c1ccc(CN(Cc2ccccc2)OC(=O)C=O)cc1. The molecule has 0 aliphatic heterocycles. The maximum atomic E-state index is 12.4. The molecule has 2 rings (SSSR count). The van der Waals surface area contributed by atoms with Crippen LogP contribution in [0.3, 0.4) is 0 Å².